The normalized spacial score (nSPS) is 27.5. The van der Waals surface area contributed by atoms with Crippen molar-refractivity contribution in [3.05, 3.63) is 11.6 Å². The van der Waals surface area contributed by atoms with Gasteiger partial charge < -0.3 is 0 Å². The minimum absolute atomic E-state index is 0.684. The second-order valence-electron chi connectivity index (χ2n) is 4.58. The van der Waals surface area contributed by atoms with Crippen LogP contribution >= 0.6 is 0 Å². The van der Waals surface area contributed by atoms with E-state index >= 15 is 0 Å². The van der Waals surface area contributed by atoms with Gasteiger partial charge in [-0.1, -0.05) is 30.8 Å². The van der Waals surface area contributed by atoms with E-state index in [2.05, 4.69) is 13.9 Å². The molecule has 0 radical (unpaired) electrons. The second-order valence-corrected chi connectivity index (χ2v) is 4.58. The number of allylic oxidation sites excluding steroid dienone is 2. The van der Waals surface area contributed by atoms with E-state index in [0.717, 1.165) is 0 Å². The van der Waals surface area contributed by atoms with E-state index in [1.54, 1.807) is 5.57 Å². The molecule has 0 atom stereocenters. The van der Waals surface area contributed by atoms with Crippen LogP contribution in [0.25, 0.3) is 0 Å². The zero-order valence-electron chi connectivity index (χ0n) is 8.23. The van der Waals surface area contributed by atoms with Gasteiger partial charge in [0.2, 0.25) is 0 Å². The van der Waals surface area contributed by atoms with Crippen LogP contribution < -0.4 is 0 Å². The lowest BCUT2D eigenvalue weighted by Gasteiger charge is -2.31. The zero-order valence-corrected chi connectivity index (χ0v) is 8.23. The van der Waals surface area contributed by atoms with Gasteiger partial charge in [-0.2, -0.15) is 0 Å². The molecule has 0 aliphatic heterocycles. The van der Waals surface area contributed by atoms with Crippen LogP contribution in [-0.4, -0.2) is 7.85 Å². The molecule has 2 aliphatic carbocycles. The fourth-order valence-corrected chi connectivity index (χ4v) is 3.00. The van der Waals surface area contributed by atoms with Gasteiger partial charge in [0, 0.05) is 0 Å². The topological polar surface area (TPSA) is 0 Å². The van der Waals surface area contributed by atoms with E-state index in [-0.39, 0.29) is 0 Å². The fraction of sp³-hybridized carbons (Fsp3) is 0.818. The Morgan fingerprint density at radius 2 is 1.83 bits per heavy atom. The summed E-state index contributed by atoms with van der Waals surface area (Å²) in [5, 5.41) is 0. The van der Waals surface area contributed by atoms with Gasteiger partial charge in [-0.3, -0.25) is 0 Å². The Bertz CT molecular complexity index is 187. The van der Waals surface area contributed by atoms with Crippen LogP contribution in [0.4, 0.5) is 0 Å². The first-order chi connectivity index (χ1) is 5.85. The third-order valence-corrected chi connectivity index (χ3v) is 3.74. The maximum Gasteiger partial charge on any atom is 0.106 e. The molecule has 0 unspecified atom stereocenters. The van der Waals surface area contributed by atoms with Crippen molar-refractivity contribution >= 4 is 7.85 Å². The summed E-state index contributed by atoms with van der Waals surface area (Å²) in [6.07, 6.45) is 14.2. The molecule has 2 aliphatic rings. The van der Waals surface area contributed by atoms with Gasteiger partial charge in [-0.05, 0) is 37.5 Å². The van der Waals surface area contributed by atoms with Gasteiger partial charge in [0.25, 0.3) is 0 Å². The van der Waals surface area contributed by atoms with Gasteiger partial charge in [-0.15, -0.1) is 0 Å². The van der Waals surface area contributed by atoms with E-state index in [9.17, 15) is 0 Å². The van der Waals surface area contributed by atoms with Crippen molar-refractivity contribution in [3.63, 3.8) is 0 Å². The summed E-state index contributed by atoms with van der Waals surface area (Å²) in [5.74, 6) is 0. The molecular formula is C11H19B. The van der Waals surface area contributed by atoms with Crippen LogP contribution in [0, 0.1) is 5.41 Å². The molecule has 0 aromatic heterocycles. The van der Waals surface area contributed by atoms with E-state index < -0.39 is 0 Å². The Hall–Kier alpha value is -0.195. The van der Waals surface area contributed by atoms with E-state index in [1.807, 2.05) is 0 Å². The molecule has 0 nitrogen and oxygen atoms in total. The molecule has 1 fully saturated rings. The average Bonchev–Trinajstić information content (AvgIpc) is 2.53. The zero-order chi connectivity index (χ0) is 8.44. The summed E-state index contributed by atoms with van der Waals surface area (Å²) in [4.78, 5) is 0. The van der Waals surface area contributed by atoms with Crippen molar-refractivity contribution in [2.24, 2.45) is 5.41 Å². The molecule has 0 amide bonds. The van der Waals surface area contributed by atoms with Crippen molar-refractivity contribution in [2.75, 3.05) is 0 Å². The molecule has 1 saturated carbocycles. The van der Waals surface area contributed by atoms with Crippen molar-refractivity contribution in [1.29, 1.82) is 0 Å². The molecule has 2 rings (SSSR count). The summed E-state index contributed by atoms with van der Waals surface area (Å²) in [7, 11) is 2.31. The lowest BCUT2D eigenvalue weighted by molar-refractivity contribution is 0.333. The number of rotatable bonds is 1. The van der Waals surface area contributed by atoms with Crippen molar-refractivity contribution < 1.29 is 0 Å². The Kier molecular flexibility index (Phi) is 2.30. The lowest BCUT2D eigenvalue weighted by Crippen LogP contribution is -2.17. The quantitative estimate of drug-likeness (QED) is 0.410. The third-order valence-electron chi connectivity index (χ3n) is 3.74. The Labute approximate surface area is 76.8 Å². The molecule has 0 N–H and O–H groups in total. The van der Waals surface area contributed by atoms with Gasteiger partial charge in [0.1, 0.15) is 7.85 Å². The van der Waals surface area contributed by atoms with Crippen LogP contribution in [0.1, 0.15) is 44.9 Å². The van der Waals surface area contributed by atoms with Gasteiger partial charge in [0.15, 0.2) is 0 Å². The predicted octanol–water partition coefficient (Wildman–Crippen LogP) is 2.71. The first-order valence-electron chi connectivity index (χ1n) is 5.55. The second kappa shape index (κ2) is 3.28. The minimum Gasteiger partial charge on any atom is -0.0815 e. The maximum absolute atomic E-state index is 2.64. The smallest absolute Gasteiger partial charge is 0.0815 e. The SMILES string of the molecule is BCC1=CC2(CCCC2)CCC1. The Balaban J connectivity index is 2.14. The highest BCUT2D eigenvalue weighted by Crippen LogP contribution is 2.47. The van der Waals surface area contributed by atoms with Crippen molar-refractivity contribution in [1.82, 2.24) is 0 Å². The van der Waals surface area contributed by atoms with E-state index in [1.165, 1.54) is 51.3 Å². The highest BCUT2D eigenvalue weighted by Gasteiger charge is 2.33. The highest BCUT2D eigenvalue weighted by atomic mass is 14.4. The van der Waals surface area contributed by atoms with Crippen molar-refractivity contribution in [2.45, 2.75) is 51.3 Å². The molecule has 0 saturated heterocycles. The standard InChI is InChI=1S/C11H19B/c12-9-10-4-3-7-11(8-10)5-1-2-6-11/h8H,1-7,9,12H2. The molecule has 0 bridgehead atoms. The molecule has 0 aromatic carbocycles. The van der Waals surface area contributed by atoms with E-state index in [4.69, 9.17) is 0 Å². The minimum atomic E-state index is 0.684. The van der Waals surface area contributed by atoms with Crippen LogP contribution in [0.2, 0.25) is 6.32 Å². The summed E-state index contributed by atoms with van der Waals surface area (Å²) in [6, 6.07) is 0. The molecule has 66 valence electrons. The molecule has 12 heavy (non-hydrogen) atoms. The Morgan fingerprint density at radius 3 is 2.50 bits per heavy atom. The average molecular weight is 162 g/mol. The molecule has 0 aromatic rings. The van der Waals surface area contributed by atoms with Gasteiger partial charge in [0.05, 0.1) is 0 Å². The van der Waals surface area contributed by atoms with Crippen LogP contribution in [-0.2, 0) is 0 Å². The largest absolute Gasteiger partial charge is 0.106 e. The third kappa shape index (κ3) is 1.46. The van der Waals surface area contributed by atoms with Crippen LogP contribution in [0.15, 0.2) is 11.6 Å². The lowest BCUT2D eigenvalue weighted by atomic mass is 9.73. The van der Waals surface area contributed by atoms with Gasteiger partial charge >= 0.3 is 0 Å². The fourth-order valence-electron chi connectivity index (χ4n) is 3.00. The Morgan fingerprint density at radius 1 is 1.17 bits per heavy atom. The van der Waals surface area contributed by atoms with Gasteiger partial charge in [-0.25, -0.2) is 0 Å². The molecule has 1 spiro atoms. The first kappa shape index (κ1) is 8.41. The van der Waals surface area contributed by atoms with Crippen LogP contribution in [0.5, 0.6) is 0 Å². The number of hydrogen-bond acceptors (Lipinski definition) is 0. The van der Waals surface area contributed by atoms with E-state index in [0.29, 0.717) is 5.41 Å². The summed E-state index contributed by atoms with van der Waals surface area (Å²) >= 11 is 0. The summed E-state index contributed by atoms with van der Waals surface area (Å²) in [5.41, 5.74) is 2.42. The molecular weight excluding hydrogens is 143 g/mol. The van der Waals surface area contributed by atoms with Crippen molar-refractivity contribution in [3.8, 4) is 0 Å². The van der Waals surface area contributed by atoms with Crippen LogP contribution in [0.3, 0.4) is 0 Å². The number of hydrogen-bond donors (Lipinski definition) is 0. The molecule has 0 heterocycles. The predicted molar refractivity (Wildman–Crippen MR) is 56.2 cm³/mol. The monoisotopic (exact) mass is 162 g/mol. The molecule has 1 heteroatoms. The highest BCUT2D eigenvalue weighted by molar-refractivity contribution is 6.10. The maximum atomic E-state index is 2.64. The summed E-state index contributed by atoms with van der Waals surface area (Å²) in [6.45, 7) is 0. The first-order valence-corrected chi connectivity index (χ1v) is 5.55. The summed E-state index contributed by atoms with van der Waals surface area (Å²) < 4.78 is 0.